The number of hydrogen-bond donors (Lipinski definition) is 2. The maximum Gasteiger partial charge on any atom is 0.227 e. The van der Waals surface area contributed by atoms with Gasteiger partial charge in [-0.3, -0.25) is 4.79 Å². The molecule has 0 spiro atoms. The van der Waals surface area contributed by atoms with Crippen molar-refractivity contribution in [3.63, 3.8) is 0 Å². The molecular formula is C14H19ClN2O2. The van der Waals surface area contributed by atoms with Crippen LogP contribution in [0.25, 0.3) is 0 Å². The molecule has 1 aromatic rings. The van der Waals surface area contributed by atoms with Crippen molar-refractivity contribution in [1.29, 1.82) is 0 Å². The highest BCUT2D eigenvalue weighted by Gasteiger charge is 2.33. The Kier molecular flexibility index (Phi) is 4.80. The minimum absolute atomic E-state index is 0.0179. The van der Waals surface area contributed by atoms with Gasteiger partial charge in [0.2, 0.25) is 5.91 Å². The topological polar surface area (TPSA) is 50.4 Å². The summed E-state index contributed by atoms with van der Waals surface area (Å²) in [6.07, 6.45) is 0. The molecule has 4 nitrogen and oxygen atoms in total. The number of ether oxygens (including phenoxy) is 1. The van der Waals surface area contributed by atoms with E-state index >= 15 is 0 Å². The Bertz CT molecular complexity index is 453. The molecule has 1 amide bonds. The van der Waals surface area contributed by atoms with E-state index in [1.165, 1.54) is 0 Å². The van der Waals surface area contributed by atoms with Crippen LogP contribution >= 0.6 is 11.6 Å². The molecule has 0 saturated carbocycles. The van der Waals surface area contributed by atoms with E-state index in [1.807, 2.05) is 38.2 Å². The fourth-order valence-corrected chi connectivity index (χ4v) is 2.48. The van der Waals surface area contributed by atoms with Gasteiger partial charge in [0.15, 0.2) is 0 Å². The third-order valence-electron chi connectivity index (χ3n) is 3.50. The van der Waals surface area contributed by atoms with Crippen molar-refractivity contribution in [2.75, 3.05) is 20.3 Å². The predicted molar refractivity (Wildman–Crippen MR) is 75.2 cm³/mol. The normalized spacial score (nSPS) is 24.2. The molecule has 1 fully saturated rings. The Morgan fingerprint density at radius 2 is 2.26 bits per heavy atom. The molecule has 3 atom stereocenters. The van der Waals surface area contributed by atoms with Gasteiger partial charge in [-0.1, -0.05) is 23.7 Å². The van der Waals surface area contributed by atoms with E-state index in [4.69, 9.17) is 16.3 Å². The second kappa shape index (κ2) is 6.37. The molecule has 2 unspecified atom stereocenters. The van der Waals surface area contributed by atoms with Crippen molar-refractivity contribution < 1.29 is 9.53 Å². The number of amides is 1. The Morgan fingerprint density at radius 1 is 1.47 bits per heavy atom. The second-order valence-electron chi connectivity index (χ2n) is 4.82. The lowest BCUT2D eigenvalue weighted by Crippen LogP contribution is -2.43. The number of hydrogen-bond acceptors (Lipinski definition) is 3. The largest absolute Gasteiger partial charge is 0.379 e. The summed E-state index contributed by atoms with van der Waals surface area (Å²) >= 11 is 5.96. The lowest BCUT2D eigenvalue weighted by atomic mass is 10.0. The number of rotatable bonds is 4. The second-order valence-corrected chi connectivity index (χ2v) is 5.26. The summed E-state index contributed by atoms with van der Waals surface area (Å²) < 4.78 is 5.34. The summed E-state index contributed by atoms with van der Waals surface area (Å²) in [6, 6.07) is 7.55. The highest BCUT2D eigenvalue weighted by molar-refractivity contribution is 6.30. The first-order valence-corrected chi connectivity index (χ1v) is 6.80. The van der Waals surface area contributed by atoms with Crippen molar-refractivity contribution >= 4 is 17.5 Å². The maximum atomic E-state index is 12.2. The molecule has 104 valence electrons. The lowest BCUT2D eigenvalue weighted by molar-refractivity contribution is -0.126. The fraction of sp³-hybridized carbons (Fsp3) is 0.500. The van der Waals surface area contributed by atoms with Crippen LogP contribution in [0.1, 0.15) is 18.5 Å². The summed E-state index contributed by atoms with van der Waals surface area (Å²) in [5.41, 5.74) is 1.00. The molecule has 5 heteroatoms. The molecule has 1 aliphatic rings. The van der Waals surface area contributed by atoms with Gasteiger partial charge in [-0.2, -0.15) is 0 Å². The number of benzene rings is 1. The maximum absolute atomic E-state index is 12.2. The van der Waals surface area contributed by atoms with E-state index in [9.17, 15) is 4.79 Å². The van der Waals surface area contributed by atoms with Gasteiger partial charge < -0.3 is 15.4 Å². The quantitative estimate of drug-likeness (QED) is 0.885. The number of nitrogens with one attached hydrogen (secondary N) is 2. The van der Waals surface area contributed by atoms with Crippen LogP contribution in [0.3, 0.4) is 0 Å². The summed E-state index contributed by atoms with van der Waals surface area (Å²) in [4.78, 5) is 12.2. The molecule has 0 bridgehead atoms. The van der Waals surface area contributed by atoms with Gasteiger partial charge in [0.1, 0.15) is 0 Å². The standard InChI is InChI=1S/C14H19ClN2O2/c1-9(10-4-3-5-11(15)6-10)17-14(18)12-7-19-8-13(12)16-2/h3-6,9,12-13,16H,7-8H2,1-2H3,(H,17,18)/t9-,12?,13?/m0/s1. The minimum Gasteiger partial charge on any atom is -0.379 e. The van der Waals surface area contributed by atoms with Gasteiger partial charge in [0, 0.05) is 11.1 Å². The zero-order valence-corrected chi connectivity index (χ0v) is 11.9. The smallest absolute Gasteiger partial charge is 0.227 e. The molecule has 1 saturated heterocycles. The van der Waals surface area contributed by atoms with Gasteiger partial charge in [-0.25, -0.2) is 0 Å². The van der Waals surface area contributed by atoms with Crippen molar-refractivity contribution in [3.05, 3.63) is 34.9 Å². The zero-order valence-electron chi connectivity index (χ0n) is 11.2. The van der Waals surface area contributed by atoms with Crippen molar-refractivity contribution in [2.24, 2.45) is 5.92 Å². The molecule has 2 rings (SSSR count). The van der Waals surface area contributed by atoms with Crippen LogP contribution < -0.4 is 10.6 Å². The first-order chi connectivity index (χ1) is 9.11. The third kappa shape index (κ3) is 3.47. The molecule has 0 radical (unpaired) electrons. The van der Waals surface area contributed by atoms with Crippen LogP contribution in [-0.4, -0.2) is 32.2 Å². The number of carbonyl (C=O) groups excluding carboxylic acids is 1. The molecular weight excluding hydrogens is 264 g/mol. The van der Waals surface area contributed by atoms with Gasteiger partial charge >= 0.3 is 0 Å². The summed E-state index contributed by atoms with van der Waals surface area (Å²) in [5, 5.41) is 6.80. The molecule has 0 aromatic heterocycles. The van der Waals surface area contributed by atoms with Gasteiger partial charge in [-0.05, 0) is 31.7 Å². The molecule has 1 aliphatic heterocycles. The van der Waals surface area contributed by atoms with Crippen molar-refractivity contribution in [1.82, 2.24) is 10.6 Å². The Morgan fingerprint density at radius 3 is 2.95 bits per heavy atom. The summed E-state index contributed by atoms with van der Waals surface area (Å²) in [6.45, 7) is 3.01. The first kappa shape index (κ1) is 14.3. The molecule has 1 aromatic carbocycles. The molecule has 1 heterocycles. The predicted octanol–water partition coefficient (Wildman–Crippen LogP) is 1.75. The van der Waals surface area contributed by atoms with Crippen LogP contribution in [0.15, 0.2) is 24.3 Å². The average Bonchev–Trinajstić information content (AvgIpc) is 2.87. The number of carbonyl (C=O) groups is 1. The van der Waals surface area contributed by atoms with Crippen molar-refractivity contribution in [2.45, 2.75) is 19.0 Å². The van der Waals surface area contributed by atoms with E-state index in [-0.39, 0.29) is 23.9 Å². The summed E-state index contributed by atoms with van der Waals surface area (Å²) in [5.74, 6) is -0.115. The number of likely N-dealkylation sites (N-methyl/N-ethyl adjacent to an activating group) is 1. The Labute approximate surface area is 118 Å². The van der Waals surface area contributed by atoms with Gasteiger partial charge in [-0.15, -0.1) is 0 Å². The molecule has 19 heavy (non-hydrogen) atoms. The van der Waals surface area contributed by atoms with Crippen LogP contribution in [0, 0.1) is 5.92 Å². The Hall–Kier alpha value is -1.10. The highest BCUT2D eigenvalue weighted by atomic mass is 35.5. The van der Waals surface area contributed by atoms with E-state index in [0.29, 0.717) is 18.2 Å². The first-order valence-electron chi connectivity index (χ1n) is 6.42. The highest BCUT2D eigenvalue weighted by Crippen LogP contribution is 2.19. The zero-order chi connectivity index (χ0) is 13.8. The van der Waals surface area contributed by atoms with Crippen LogP contribution in [-0.2, 0) is 9.53 Å². The lowest BCUT2D eigenvalue weighted by Gasteiger charge is -2.20. The van der Waals surface area contributed by atoms with Gasteiger partial charge in [0.25, 0.3) is 0 Å². The van der Waals surface area contributed by atoms with Crippen molar-refractivity contribution in [3.8, 4) is 0 Å². The van der Waals surface area contributed by atoms with Crippen LogP contribution in [0.2, 0.25) is 5.02 Å². The van der Waals surface area contributed by atoms with E-state index in [0.717, 1.165) is 5.56 Å². The average molecular weight is 283 g/mol. The Balaban J connectivity index is 1.98. The third-order valence-corrected chi connectivity index (χ3v) is 3.73. The van der Waals surface area contributed by atoms with E-state index in [2.05, 4.69) is 10.6 Å². The van der Waals surface area contributed by atoms with Crippen LogP contribution in [0.4, 0.5) is 0 Å². The van der Waals surface area contributed by atoms with Gasteiger partial charge in [0.05, 0.1) is 25.2 Å². The fourth-order valence-electron chi connectivity index (χ4n) is 2.28. The summed E-state index contributed by atoms with van der Waals surface area (Å²) in [7, 11) is 1.85. The van der Waals surface area contributed by atoms with E-state index in [1.54, 1.807) is 0 Å². The SMILES string of the molecule is CNC1COCC1C(=O)N[C@@H](C)c1cccc(Cl)c1. The van der Waals surface area contributed by atoms with Crippen LogP contribution in [0.5, 0.6) is 0 Å². The monoisotopic (exact) mass is 282 g/mol. The number of halogens is 1. The van der Waals surface area contributed by atoms with E-state index < -0.39 is 0 Å². The molecule has 0 aliphatic carbocycles. The minimum atomic E-state index is -0.133. The molecule has 2 N–H and O–H groups in total.